The van der Waals surface area contributed by atoms with E-state index in [2.05, 4.69) is 0 Å². The Morgan fingerprint density at radius 2 is 2.21 bits per heavy atom. The zero-order valence-corrected chi connectivity index (χ0v) is 12.5. The fourth-order valence-electron chi connectivity index (χ4n) is 2.44. The van der Waals surface area contributed by atoms with Gasteiger partial charge in [0.25, 0.3) is 0 Å². The van der Waals surface area contributed by atoms with Gasteiger partial charge in [-0.25, -0.2) is 8.42 Å². The first-order valence-electron chi connectivity index (χ1n) is 6.42. The molecule has 1 aliphatic rings. The van der Waals surface area contributed by atoms with Gasteiger partial charge < -0.3 is 5.73 Å². The molecule has 1 aromatic carbocycles. The first kappa shape index (κ1) is 14.8. The van der Waals surface area contributed by atoms with E-state index in [9.17, 15) is 8.42 Å². The lowest BCUT2D eigenvalue weighted by molar-refractivity contribution is 0.271. The third-order valence-corrected chi connectivity index (χ3v) is 6.07. The maximum absolute atomic E-state index is 12.6. The zero-order valence-electron chi connectivity index (χ0n) is 11.0. The Hall–Kier alpha value is -0.620. The number of hydrogen-bond donors (Lipinski definition) is 1. The van der Waals surface area contributed by atoms with Crippen LogP contribution in [0.2, 0.25) is 5.02 Å². The lowest BCUT2D eigenvalue weighted by atomic mass is 10.0. The van der Waals surface area contributed by atoms with Gasteiger partial charge in [-0.05, 0) is 49.9 Å². The van der Waals surface area contributed by atoms with Crippen LogP contribution in [0.3, 0.4) is 0 Å². The summed E-state index contributed by atoms with van der Waals surface area (Å²) < 4.78 is 26.8. The summed E-state index contributed by atoms with van der Waals surface area (Å²) in [7, 11) is -3.46. The second kappa shape index (κ2) is 5.79. The highest BCUT2D eigenvalue weighted by molar-refractivity contribution is 7.89. The summed E-state index contributed by atoms with van der Waals surface area (Å²) >= 11 is 6.01. The van der Waals surface area contributed by atoms with Gasteiger partial charge in [0.1, 0.15) is 0 Å². The van der Waals surface area contributed by atoms with E-state index >= 15 is 0 Å². The molecule has 0 amide bonds. The van der Waals surface area contributed by atoms with Crippen LogP contribution < -0.4 is 5.73 Å². The predicted molar refractivity (Wildman–Crippen MR) is 76.7 cm³/mol. The van der Waals surface area contributed by atoms with E-state index in [-0.39, 0.29) is 5.92 Å². The van der Waals surface area contributed by atoms with Gasteiger partial charge in [0.15, 0.2) is 0 Å². The topological polar surface area (TPSA) is 63.4 Å². The SMILES string of the molecule is Cc1c(Cl)cccc1S(=O)(=O)N1CCCC(CN)C1. The molecule has 2 rings (SSSR count). The van der Waals surface area contributed by atoms with Gasteiger partial charge in [-0.1, -0.05) is 17.7 Å². The first-order valence-corrected chi connectivity index (χ1v) is 8.24. The molecule has 4 nitrogen and oxygen atoms in total. The third kappa shape index (κ3) is 2.94. The molecule has 0 aromatic heterocycles. The van der Waals surface area contributed by atoms with Crippen molar-refractivity contribution in [2.75, 3.05) is 19.6 Å². The Balaban J connectivity index is 2.34. The molecule has 1 atom stereocenters. The maximum Gasteiger partial charge on any atom is 0.243 e. The lowest BCUT2D eigenvalue weighted by Gasteiger charge is -2.31. The van der Waals surface area contributed by atoms with Crippen molar-refractivity contribution in [3.05, 3.63) is 28.8 Å². The molecule has 1 aliphatic heterocycles. The number of hydrogen-bond acceptors (Lipinski definition) is 3. The number of piperidine rings is 1. The van der Waals surface area contributed by atoms with Gasteiger partial charge in [0.05, 0.1) is 4.90 Å². The molecular weight excluding hydrogens is 284 g/mol. The number of nitrogens with two attached hydrogens (primary N) is 1. The van der Waals surface area contributed by atoms with Crippen molar-refractivity contribution >= 4 is 21.6 Å². The van der Waals surface area contributed by atoms with Crippen LogP contribution in [0.1, 0.15) is 18.4 Å². The summed E-state index contributed by atoms with van der Waals surface area (Å²) in [5, 5.41) is 0.480. The van der Waals surface area contributed by atoms with Crippen LogP contribution in [-0.2, 0) is 10.0 Å². The van der Waals surface area contributed by atoms with Gasteiger partial charge in [0, 0.05) is 18.1 Å². The molecule has 0 spiro atoms. The zero-order chi connectivity index (χ0) is 14.0. The van der Waals surface area contributed by atoms with Crippen LogP contribution in [0.15, 0.2) is 23.1 Å². The van der Waals surface area contributed by atoms with Gasteiger partial charge in [0.2, 0.25) is 10.0 Å². The molecule has 1 unspecified atom stereocenters. The Morgan fingerprint density at radius 3 is 2.89 bits per heavy atom. The van der Waals surface area contributed by atoms with E-state index in [1.807, 2.05) is 0 Å². The van der Waals surface area contributed by atoms with E-state index in [1.165, 1.54) is 4.31 Å². The molecule has 1 saturated heterocycles. The first-order chi connectivity index (χ1) is 8.96. The van der Waals surface area contributed by atoms with Crippen molar-refractivity contribution < 1.29 is 8.42 Å². The standard InChI is InChI=1S/C13H19ClN2O2S/c1-10-12(14)5-2-6-13(10)19(17,18)16-7-3-4-11(8-15)9-16/h2,5-6,11H,3-4,7-9,15H2,1H3. The van der Waals surface area contributed by atoms with Gasteiger partial charge in [-0.15, -0.1) is 0 Å². The van der Waals surface area contributed by atoms with E-state index in [4.69, 9.17) is 17.3 Å². The monoisotopic (exact) mass is 302 g/mol. The van der Waals surface area contributed by atoms with Crippen molar-refractivity contribution in [1.29, 1.82) is 0 Å². The van der Waals surface area contributed by atoms with Crippen LogP contribution in [0.5, 0.6) is 0 Å². The second-order valence-electron chi connectivity index (χ2n) is 4.97. The highest BCUT2D eigenvalue weighted by atomic mass is 35.5. The minimum absolute atomic E-state index is 0.253. The normalized spacial score (nSPS) is 21.5. The molecule has 19 heavy (non-hydrogen) atoms. The van der Waals surface area contributed by atoms with Gasteiger partial charge in [-0.3, -0.25) is 0 Å². The Kier molecular flexibility index (Phi) is 4.50. The minimum atomic E-state index is -3.46. The predicted octanol–water partition coefficient (Wildman–Crippen LogP) is 2.01. The van der Waals surface area contributed by atoms with Crippen molar-refractivity contribution in [1.82, 2.24) is 4.31 Å². The summed E-state index contributed by atoms with van der Waals surface area (Å²) in [5.41, 5.74) is 6.27. The quantitative estimate of drug-likeness (QED) is 0.929. The molecule has 1 aromatic rings. The van der Waals surface area contributed by atoms with Crippen LogP contribution >= 0.6 is 11.6 Å². The highest BCUT2D eigenvalue weighted by Gasteiger charge is 2.30. The number of benzene rings is 1. The van der Waals surface area contributed by atoms with E-state index in [1.54, 1.807) is 25.1 Å². The lowest BCUT2D eigenvalue weighted by Crippen LogP contribution is -2.42. The molecule has 6 heteroatoms. The fourth-order valence-corrected chi connectivity index (χ4v) is 4.48. The molecule has 0 radical (unpaired) electrons. The molecule has 1 fully saturated rings. The van der Waals surface area contributed by atoms with Crippen LogP contribution in [-0.4, -0.2) is 32.4 Å². The van der Waals surface area contributed by atoms with Gasteiger partial charge in [-0.2, -0.15) is 4.31 Å². The molecule has 106 valence electrons. The Morgan fingerprint density at radius 1 is 1.47 bits per heavy atom. The molecule has 0 bridgehead atoms. The van der Waals surface area contributed by atoms with Crippen molar-refractivity contribution in [3.63, 3.8) is 0 Å². The highest BCUT2D eigenvalue weighted by Crippen LogP contribution is 2.28. The van der Waals surface area contributed by atoms with Crippen molar-refractivity contribution in [2.45, 2.75) is 24.7 Å². The summed E-state index contributed by atoms with van der Waals surface area (Å²) in [6.45, 7) is 3.33. The smallest absolute Gasteiger partial charge is 0.243 e. The molecule has 0 aliphatic carbocycles. The molecule has 2 N–H and O–H groups in total. The Labute approximate surface area is 119 Å². The van der Waals surface area contributed by atoms with Crippen LogP contribution in [0, 0.1) is 12.8 Å². The maximum atomic E-state index is 12.6. The number of rotatable bonds is 3. The summed E-state index contributed by atoms with van der Waals surface area (Å²) in [5.74, 6) is 0.253. The molecule has 1 heterocycles. The van der Waals surface area contributed by atoms with Gasteiger partial charge >= 0.3 is 0 Å². The summed E-state index contributed by atoms with van der Waals surface area (Å²) in [6.07, 6.45) is 1.86. The average molecular weight is 303 g/mol. The Bertz CT molecular complexity index is 560. The second-order valence-corrected chi connectivity index (χ2v) is 7.28. The third-order valence-electron chi connectivity index (χ3n) is 3.65. The molecule has 0 saturated carbocycles. The van der Waals surface area contributed by atoms with Crippen molar-refractivity contribution in [3.8, 4) is 0 Å². The van der Waals surface area contributed by atoms with E-state index < -0.39 is 10.0 Å². The average Bonchev–Trinajstić information content (AvgIpc) is 2.41. The van der Waals surface area contributed by atoms with Crippen LogP contribution in [0.4, 0.5) is 0 Å². The van der Waals surface area contributed by atoms with Crippen LogP contribution in [0.25, 0.3) is 0 Å². The van der Waals surface area contributed by atoms with Crippen molar-refractivity contribution in [2.24, 2.45) is 11.7 Å². The number of nitrogens with zero attached hydrogens (tertiary/aromatic N) is 1. The summed E-state index contributed by atoms with van der Waals surface area (Å²) in [6, 6.07) is 4.99. The van der Waals surface area contributed by atoms with E-state index in [0.29, 0.717) is 35.1 Å². The number of sulfonamides is 1. The summed E-state index contributed by atoms with van der Waals surface area (Å²) in [4.78, 5) is 0.303. The number of halogens is 1. The fraction of sp³-hybridized carbons (Fsp3) is 0.538. The largest absolute Gasteiger partial charge is 0.330 e. The van der Waals surface area contributed by atoms with E-state index in [0.717, 1.165) is 12.8 Å². The minimum Gasteiger partial charge on any atom is -0.330 e. The molecular formula is C13H19ClN2O2S.